The number of carbonyl (C=O) groups excluding carboxylic acids is 1. The molecule has 1 amide bonds. The van der Waals surface area contributed by atoms with Gasteiger partial charge in [-0.1, -0.05) is 0 Å². The number of hydrogen-bond donors (Lipinski definition) is 1. The van der Waals surface area contributed by atoms with E-state index in [0.29, 0.717) is 38.0 Å². The molecule has 0 radical (unpaired) electrons. The van der Waals surface area contributed by atoms with Crippen LogP contribution in [-0.4, -0.2) is 48.3 Å². The third-order valence-corrected chi connectivity index (χ3v) is 4.94. The first kappa shape index (κ1) is 17.9. The Morgan fingerprint density at radius 1 is 1.37 bits per heavy atom. The van der Waals surface area contributed by atoms with Gasteiger partial charge < -0.3 is 23.9 Å². The number of fused-ring (bicyclic) bond motifs is 1. The second kappa shape index (κ2) is 8.03. The molecule has 3 aromatic rings. The van der Waals surface area contributed by atoms with Crippen molar-refractivity contribution in [1.29, 1.82) is 0 Å². The van der Waals surface area contributed by atoms with Crippen molar-refractivity contribution in [3.05, 3.63) is 41.1 Å². The minimum absolute atomic E-state index is 0.126. The van der Waals surface area contributed by atoms with E-state index in [-0.39, 0.29) is 24.3 Å². The Kier molecular flexibility index (Phi) is 5.33. The number of benzene rings is 1. The number of oxazole rings is 1. The van der Waals surface area contributed by atoms with Crippen LogP contribution < -0.4 is 10.1 Å². The lowest BCUT2D eigenvalue weighted by Crippen LogP contribution is -2.39. The van der Waals surface area contributed by atoms with Crippen molar-refractivity contribution in [3.63, 3.8) is 0 Å². The average Bonchev–Trinajstić information content (AvgIpc) is 3.30. The molecule has 1 N–H and O–H groups in total. The van der Waals surface area contributed by atoms with Gasteiger partial charge in [0.1, 0.15) is 12.0 Å². The van der Waals surface area contributed by atoms with Gasteiger partial charge in [-0.05, 0) is 19.1 Å². The van der Waals surface area contributed by atoms with Crippen LogP contribution >= 0.6 is 11.3 Å². The number of amides is 1. The van der Waals surface area contributed by atoms with Gasteiger partial charge in [0.25, 0.3) is 5.91 Å². The quantitative estimate of drug-likeness (QED) is 0.691. The largest absolute Gasteiger partial charge is 0.484 e. The van der Waals surface area contributed by atoms with Gasteiger partial charge in [0.05, 0.1) is 41.1 Å². The Hall–Kier alpha value is -2.49. The van der Waals surface area contributed by atoms with Gasteiger partial charge in [0, 0.05) is 12.6 Å². The van der Waals surface area contributed by atoms with Crippen LogP contribution in [0.2, 0.25) is 0 Å². The third-order valence-electron chi connectivity index (χ3n) is 3.99. The molecule has 1 aliphatic rings. The van der Waals surface area contributed by atoms with Crippen molar-refractivity contribution in [1.82, 2.24) is 15.3 Å². The number of rotatable bonds is 6. The molecule has 9 heteroatoms. The zero-order chi connectivity index (χ0) is 18.6. The first-order valence-electron chi connectivity index (χ1n) is 8.59. The van der Waals surface area contributed by atoms with Crippen molar-refractivity contribution < 1.29 is 23.4 Å². The fourth-order valence-corrected chi connectivity index (χ4v) is 3.50. The van der Waals surface area contributed by atoms with Crippen molar-refractivity contribution in [3.8, 4) is 5.75 Å². The van der Waals surface area contributed by atoms with Crippen molar-refractivity contribution in [2.75, 3.05) is 26.4 Å². The van der Waals surface area contributed by atoms with E-state index >= 15 is 0 Å². The van der Waals surface area contributed by atoms with Gasteiger partial charge in [0.15, 0.2) is 12.3 Å². The molecule has 1 aliphatic heterocycles. The molecule has 2 aromatic heterocycles. The summed E-state index contributed by atoms with van der Waals surface area (Å²) < 4.78 is 22.9. The lowest BCUT2D eigenvalue weighted by molar-refractivity contribution is -0.0855. The van der Waals surface area contributed by atoms with Gasteiger partial charge in [-0.25, -0.2) is 9.97 Å². The van der Waals surface area contributed by atoms with Crippen LogP contribution in [0.25, 0.3) is 10.2 Å². The number of carbonyl (C=O) groups is 1. The molecule has 4 rings (SSSR count). The molecule has 1 aromatic carbocycles. The van der Waals surface area contributed by atoms with Crippen LogP contribution in [0.15, 0.2) is 28.9 Å². The molecule has 1 unspecified atom stereocenters. The number of thiazole rings is 1. The van der Waals surface area contributed by atoms with Gasteiger partial charge in [-0.2, -0.15) is 0 Å². The van der Waals surface area contributed by atoms with Gasteiger partial charge >= 0.3 is 0 Å². The maximum absolute atomic E-state index is 12.1. The molecule has 3 heterocycles. The van der Waals surface area contributed by atoms with Crippen LogP contribution in [0.5, 0.6) is 5.75 Å². The third kappa shape index (κ3) is 4.44. The highest BCUT2D eigenvalue weighted by Crippen LogP contribution is 2.25. The molecule has 0 bridgehead atoms. The number of hydrogen-bond acceptors (Lipinski definition) is 8. The molecular weight excluding hydrogens is 370 g/mol. The monoisotopic (exact) mass is 389 g/mol. The van der Waals surface area contributed by atoms with Crippen molar-refractivity contribution in [2.45, 2.75) is 19.6 Å². The summed E-state index contributed by atoms with van der Waals surface area (Å²) in [6.07, 6.45) is 1.18. The van der Waals surface area contributed by atoms with Crippen molar-refractivity contribution >= 4 is 27.5 Å². The Balaban J connectivity index is 1.30. The van der Waals surface area contributed by atoms with E-state index in [9.17, 15) is 4.79 Å². The van der Waals surface area contributed by atoms with E-state index in [4.69, 9.17) is 18.6 Å². The molecule has 8 nitrogen and oxygen atoms in total. The first-order valence-corrected chi connectivity index (χ1v) is 9.41. The summed E-state index contributed by atoms with van der Waals surface area (Å²) in [6, 6.07) is 5.73. The minimum Gasteiger partial charge on any atom is -0.484 e. The summed E-state index contributed by atoms with van der Waals surface area (Å²) >= 11 is 1.64. The number of aromatic nitrogens is 2. The predicted molar refractivity (Wildman–Crippen MR) is 98.1 cm³/mol. The Bertz CT molecular complexity index is 932. The summed E-state index contributed by atoms with van der Waals surface area (Å²) in [5, 5.41) is 3.77. The maximum atomic E-state index is 12.1. The van der Waals surface area contributed by atoms with E-state index in [1.807, 2.05) is 25.1 Å². The predicted octanol–water partition coefficient (Wildman–Crippen LogP) is 2.32. The lowest BCUT2D eigenvalue weighted by Gasteiger charge is -2.22. The number of ether oxygens (including phenoxy) is 3. The van der Waals surface area contributed by atoms with Crippen LogP contribution in [0, 0.1) is 6.92 Å². The van der Waals surface area contributed by atoms with Crippen LogP contribution in [0.1, 0.15) is 21.4 Å². The minimum atomic E-state index is -0.321. The van der Waals surface area contributed by atoms with E-state index in [2.05, 4.69) is 15.3 Å². The summed E-state index contributed by atoms with van der Waals surface area (Å²) in [5.41, 5.74) is 1.10. The number of aryl methyl sites for hydroxylation is 1. The summed E-state index contributed by atoms with van der Waals surface area (Å²) in [7, 11) is 0. The van der Waals surface area contributed by atoms with Gasteiger partial charge in [0.2, 0.25) is 5.89 Å². The van der Waals surface area contributed by atoms with Gasteiger partial charge in [-0.15, -0.1) is 11.3 Å². The Labute approximate surface area is 159 Å². The molecule has 0 spiro atoms. The molecule has 1 atom stereocenters. The first-order chi connectivity index (χ1) is 13.2. The maximum Gasteiger partial charge on any atom is 0.273 e. The Morgan fingerprint density at radius 3 is 3.15 bits per heavy atom. The van der Waals surface area contributed by atoms with E-state index in [1.165, 1.54) is 6.26 Å². The zero-order valence-corrected chi connectivity index (χ0v) is 15.6. The highest BCUT2D eigenvalue weighted by molar-refractivity contribution is 7.18. The molecule has 1 fully saturated rings. The molecule has 0 aliphatic carbocycles. The molecule has 0 saturated carbocycles. The second-order valence-corrected chi connectivity index (χ2v) is 7.29. The fraction of sp³-hybridized carbons (Fsp3) is 0.389. The van der Waals surface area contributed by atoms with Crippen molar-refractivity contribution in [2.24, 2.45) is 0 Å². The summed E-state index contributed by atoms with van der Waals surface area (Å²) in [4.78, 5) is 20.8. The molecule has 27 heavy (non-hydrogen) atoms. The second-order valence-electron chi connectivity index (χ2n) is 6.06. The van der Waals surface area contributed by atoms with Gasteiger partial charge in [-0.3, -0.25) is 4.79 Å². The topological polar surface area (TPSA) is 95.7 Å². The smallest absolute Gasteiger partial charge is 0.273 e. The zero-order valence-electron chi connectivity index (χ0n) is 14.8. The summed E-state index contributed by atoms with van der Waals surface area (Å²) in [5.74, 6) is 0.678. The molecular formula is C18H19N3O5S. The van der Waals surface area contributed by atoms with E-state index < -0.39 is 0 Å². The highest BCUT2D eigenvalue weighted by Gasteiger charge is 2.18. The normalized spacial score (nSPS) is 17.1. The number of nitrogens with one attached hydrogen (secondary N) is 1. The Morgan fingerprint density at radius 2 is 2.30 bits per heavy atom. The lowest BCUT2D eigenvalue weighted by atomic mass is 10.3. The standard InChI is InChI=1S/C18H19N3O5S/c1-11-20-14-6-12(2-3-16(14)27-11)25-10-17-21-15(9-26-17)18(22)19-7-13-8-23-4-5-24-13/h2-3,6,9,13H,4-5,7-8,10H2,1H3,(H,19,22). The van der Waals surface area contributed by atoms with Crippen LogP contribution in [-0.2, 0) is 16.1 Å². The van der Waals surface area contributed by atoms with E-state index in [0.717, 1.165) is 15.2 Å². The van der Waals surface area contributed by atoms with Crippen LogP contribution in [0.3, 0.4) is 0 Å². The SMILES string of the molecule is Cc1nc2cc(OCc3nc(C(=O)NCC4COCCO4)co3)ccc2s1. The van der Waals surface area contributed by atoms with Crippen LogP contribution in [0.4, 0.5) is 0 Å². The molecule has 142 valence electrons. The summed E-state index contributed by atoms with van der Waals surface area (Å²) in [6.45, 7) is 4.06. The number of nitrogens with zero attached hydrogens (tertiary/aromatic N) is 2. The van der Waals surface area contributed by atoms with E-state index in [1.54, 1.807) is 11.3 Å². The fourth-order valence-electron chi connectivity index (χ4n) is 2.69. The molecule has 1 saturated heterocycles. The average molecular weight is 389 g/mol. The highest BCUT2D eigenvalue weighted by atomic mass is 32.1.